The van der Waals surface area contributed by atoms with Crippen molar-refractivity contribution < 1.29 is 17.9 Å². The molecule has 1 aliphatic heterocycles. The van der Waals surface area contributed by atoms with E-state index in [4.69, 9.17) is 4.74 Å². The smallest absolute Gasteiger partial charge is 0.297 e. The molecule has 1 aliphatic rings. The number of halogens is 3. The van der Waals surface area contributed by atoms with Crippen LogP contribution in [0.25, 0.3) is 11.0 Å². The number of thiazole rings is 1. The Bertz CT molecular complexity index is 1050. The lowest BCUT2D eigenvalue weighted by Crippen LogP contribution is -2.39. The number of likely N-dealkylation sites (tertiary alicyclic amines) is 1. The van der Waals surface area contributed by atoms with Gasteiger partial charge in [-0.1, -0.05) is 11.2 Å². The van der Waals surface area contributed by atoms with Gasteiger partial charge in [-0.25, -0.2) is 18.2 Å². The third-order valence-corrected chi connectivity index (χ3v) is 6.69. The fourth-order valence-corrected chi connectivity index (χ4v) is 4.95. The van der Waals surface area contributed by atoms with Gasteiger partial charge in [0, 0.05) is 7.05 Å². The van der Waals surface area contributed by atoms with E-state index in [0.29, 0.717) is 36.1 Å². The lowest BCUT2D eigenvalue weighted by atomic mass is 9.96. The largest absolute Gasteiger partial charge is 0.464 e. The Hall–Kier alpha value is -2.53. The van der Waals surface area contributed by atoms with Crippen molar-refractivity contribution in [2.75, 3.05) is 26.2 Å². The van der Waals surface area contributed by atoms with Crippen LogP contribution >= 0.6 is 11.3 Å². The number of fused-ring (bicyclic) bond motifs is 1. The van der Waals surface area contributed by atoms with Crippen LogP contribution in [-0.2, 0) is 7.05 Å². The number of benzene rings is 1. The number of ether oxygens (including phenoxy) is 1. The van der Waals surface area contributed by atoms with E-state index < -0.39 is 18.3 Å². The molecule has 1 aromatic carbocycles. The number of hydrogen-bond donors (Lipinski definition) is 0. The molecule has 0 amide bonds. The van der Waals surface area contributed by atoms with E-state index in [1.54, 1.807) is 23.7 Å². The number of imidazole rings is 1. The van der Waals surface area contributed by atoms with E-state index in [2.05, 4.69) is 15.1 Å². The number of para-hydroxylation sites is 1. The number of nitroso groups, excluding NO2 is 1. The van der Waals surface area contributed by atoms with Gasteiger partial charge in [-0.2, -0.15) is 9.89 Å². The standard InChI is InChI=1S/C20H22F3N5O2S/c1-27-14-4-2-3-13(21)16(14)26-20(27)30-10-12-5-7-28(8-6-12)15(9-25-29)18-17(19(22)23)24-11-31-18/h2-4,11-12,15,19H,5-10H2,1H3. The van der Waals surface area contributed by atoms with Gasteiger partial charge in [0.1, 0.15) is 17.8 Å². The molecule has 4 rings (SSSR count). The molecule has 3 aromatic rings. The second-order valence-electron chi connectivity index (χ2n) is 7.58. The highest BCUT2D eigenvalue weighted by molar-refractivity contribution is 7.09. The van der Waals surface area contributed by atoms with Crippen LogP contribution in [0, 0.1) is 16.6 Å². The Morgan fingerprint density at radius 1 is 1.32 bits per heavy atom. The zero-order chi connectivity index (χ0) is 22.0. The maximum Gasteiger partial charge on any atom is 0.297 e. The summed E-state index contributed by atoms with van der Waals surface area (Å²) in [6.45, 7) is 1.60. The Labute approximate surface area is 180 Å². The van der Waals surface area contributed by atoms with Gasteiger partial charge in [0.15, 0.2) is 5.82 Å². The first-order valence-corrected chi connectivity index (χ1v) is 10.9. The number of rotatable bonds is 8. The normalized spacial score (nSPS) is 16.8. The Kier molecular flexibility index (Phi) is 6.51. The number of aryl methyl sites for hydroxylation is 1. The van der Waals surface area contributed by atoms with Crippen LogP contribution in [0.4, 0.5) is 13.2 Å². The molecule has 0 spiro atoms. The van der Waals surface area contributed by atoms with E-state index in [0.717, 1.165) is 24.2 Å². The van der Waals surface area contributed by atoms with Crippen molar-refractivity contribution in [1.82, 2.24) is 19.4 Å². The Morgan fingerprint density at radius 2 is 2.10 bits per heavy atom. The highest BCUT2D eigenvalue weighted by atomic mass is 32.1. The van der Waals surface area contributed by atoms with Gasteiger partial charge < -0.3 is 4.74 Å². The molecule has 2 aromatic heterocycles. The minimum Gasteiger partial charge on any atom is -0.464 e. The van der Waals surface area contributed by atoms with Gasteiger partial charge in [0.05, 0.1) is 28.6 Å². The lowest BCUT2D eigenvalue weighted by Gasteiger charge is -2.36. The van der Waals surface area contributed by atoms with Crippen LogP contribution in [-0.4, -0.2) is 45.7 Å². The first-order valence-electron chi connectivity index (χ1n) is 9.98. The maximum absolute atomic E-state index is 13.9. The topological polar surface area (TPSA) is 72.6 Å². The van der Waals surface area contributed by atoms with Crippen molar-refractivity contribution in [2.24, 2.45) is 18.1 Å². The fourth-order valence-electron chi connectivity index (χ4n) is 4.02. The van der Waals surface area contributed by atoms with E-state index >= 15 is 0 Å². The van der Waals surface area contributed by atoms with E-state index in [-0.39, 0.29) is 23.7 Å². The third kappa shape index (κ3) is 4.42. The first-order chi connectivity index (χ1) is 15.0. The molecule has 166 valence electrons. The molecule has 1 fully saturated rings. The molecule has 1 unspecified atom stereocenters. The summed E-state index contributed by atoms with van der Waals surface area (Å²) < 4.78 is 48.0. The second kappa shape index (κ2) is 9.31. The summed E-state index contributed by atoms with van der Waals surface area (Å²) in [5.74, 6) is -0.154. The van der Waals surface area contributed by atoms with Crippen molar-refractivity contribution in [2.45, 2.75) is 25.3 Å². The number of piperidine rings is 1. The van der Waals surface area contributed by atoms with Gasteiger partial charge in [-0.15, -0.1) is 11.3 Å². The van der Waals surface area contributed by atoms with Crippen LogP contribution in [0.1, 0.15) is 35.9 Å². The zero-order valence-corrected chi connectivity index (χ0v) is 17.7. The van der Waals surface area contributed by atoms with Crippen LogP contribution in [0.15, 0.2) is 28.9 Å². The Balaban J connectivity index is 1.38. The first kappa shape index (κ1) is 21.7. The van der Waals surface area contributed by atoms with Crippen molar-refractivity contribution in [1.29, 1.82) is 0 Å². The van der Waals surface area contributed by atoms with Gasteiger partial charge in [-0.3, -0.25) is 9.47 Å². The zero-order valence-electron chi connectivity index (χ0n) is 16.9. The summed E-state index contributed by atoms with van der Waals surface area (Å²) in [5.41, 5.74) is 2.06. The summed E-state index contributed by atoms with van der Waals surface area (Å²) >= 11 is 1.13. The fraction of sp³-hybridized carbons (Fsp3) is 0.500. The summed E-state index contributed by atoms with van der Waals surface area (Å²) in [6, 6.07) is 4.65. The average Bonchev–Trinajstić information content (AvgIpc) is 3.37. The minimum atomic E-state index is -2.68. The van der Waals surface area contributed by atoms with Gasteiger partial charge in [0.25, 0.3) is 12.4 Å². The quantitative estimate of drug-likeness (QED) is 0.462. The molecule has 31 heavy (non-hydrogen) atoms. The minimum absolute atomic E-state index is 0.0888. The summed E-state index contributed by atoms with van der Waals surface area (Å²) in [5, 5.41) is 2.98. The van der Waals surface area contributed by atoms with Crippen molar-refractivity contribution >= 4 is 22.4 Å². The predicted molar refractivity (Wildman–Crippen MR) is 111 cm³/mol. The van der Waals surface area contributed by atoms with Crippen molar-refractivity contribution in [3.8, 4) is 6.01 Å². The number of hydrogen-bond acceptors (Lipinski definition) is 7. The second-order valence-corrected chi connectivity index (χ2v) is 8.47. The SMILES string of the molecule is Cn1c(OCC2CCN(C(CN=O)c3scnc3C(F)F)CC2)nc2c(F)cccc21. The number of aromatic nitrogens is 3. The molecular formula is C20H22F3N5O2S. The highest BCUT2D eigenvalue weighted by Crippen LogP contribution is 2.35. The van der Waals surface area contributed by atoms with E-state index in [1.807, 2.05) is 4.90 Å². The van der Waals surface area contributed by atoms with Gasteiger partial charge >= 0.3 is 0 Å². The number of nitrogens with zero attached hydrogens (tertiary/aromatic N) is 5. The molecule has 0 bridgehead atoms. The van der Waals surface area contributed by atoms with Gasteiger partial charge in [0.2, 0.25) is 0 Å². The molecule has 1 saturated heterocycles. The summed E-state index contributed by atoms with van der Waals surface area (Å²) in [4.78, 5) is 21.4. The maximum atomic E-state index is 13.9. The molecule has 1 atom stereocenters. The molecule has 0 N–H and O–H groups in total. The Morgan fingerprint density at radius 3 is 2.77 bits per heavy atom. The predicted octanol–water partition coefficient (Wildman–Crippen LogP) is 4.71. The van der Waals surface area contributed by atoms with E-state index in [1.165, 1.54) is 11.6 Å². The van der Waals surface area contributed by atoms with E-state index in [9.17, 15) is 18.1 Å². The molecule has 11 heteroatoms. The number of alkyl halides is 2. The van der Waals surface area contributed by atoms with Crippen molar-refractivity contribution in [3.63, 3.8) is 0 Å². The molecule has 0 radical (unpaired) electrons. The molecule has 0 saturated carbocycles. The summed E-state index contributed by atoms with van der Waals surface area (Å²) in [7, 11) is 1.78. The summed E-state index contributed by atoms with van der Waals surface area (Å²) in [6.07, 6.45) is -1.13. The van der Waals surface area contributed by atoms with Crippen LogP contribution in [0.2, 0.25) is 0 Å². The molecular weight excluding hydrogens is 431 g/mol. The van der Waals surface area contributed by atoms with Crippen LogP contribution < -0.4 is 4.74 Å². The monoisotopic (exact) mass is 453 g/mol. The van der Waals surface area contributed by atoms with Crippen LogP contribution in [0.5, 0.6) is 6.01 Å². The molecule has 7 nitrogen and oxygen atoms in total. The van der Waals surface area contributed by atoms with Crippen molar-refractivity contribution in [3.05, 3.63) is 45.0 Å². The average molecular weight is 453 g/mol. The lowest BCUT2D eigenvalue weighted by molar-refractivity contribution is 0.102. The van der Waals surface area contributed by atoms with Gasteiger partial charge in [-0.05, 0) is 44.0 Å². The van der Waals surface area contributed by atoms with Crippen LogP contribution in [0.3, 0.4) is 0 Å². The highest BCUT2D eigenvalue weighted by Gasteiger charge is 2.31. The molecule has 3 heterocycles. The molecule has 0 aliphatic carbocycles. The third-order valence-electron chi connectivity index (χ3n) is 5.74.